The summed E-state index contributed by atoms with van der Waals surface area (Å²) in [6.45, 7) is 3.83. The van der Waals surface area contributed by atoms with E-state index in [1.54, 1.807) is 0 Å². The highest BCUT2D eigenvalue weighted by molar-refractivity contribution is 7.98. The predicted octanol–water partition coefficient (Wildman–Crippen LogP) is 2.26. The van der Waals surface area contributed by atoms with Gasteiger partial charge in [-0.1, -0.05) is 24.6 Å². The Kier molecular flexibility index (Phi) is 5.62. The van der Waals surface area contributed by atoms with Crippen molar-refractivity contribution in [3.05, 3.63) is 17.0 Å². The number of amides is 1. The van der Waals surface area contributed by atoms with Crippen molar-refractivity contribution in [2.45, 2.75) is 63.1 Å². The van der Waals surface area contributed by atoms with Crippen molar-refractivity contribution in [1.82, 2.24) is 15.3 Å². The number of carboxylic acids is 1. The molecule has 0 spiro atoms. The van der Waals surface area contributed by atoms with E-state index in [0.29, 0.717) is 19.3 Å². The molecule has 126 valence electrons. The molecule has 0 atom stereocenters. The van der Waals surface area contributed by atoms with Crippen molar-refractivity contribution in [3.8, 4) is 0 Å². The molecule has 1 amide bonds. The Morgan fingerprint density at radius 2 is 1.78 bits per heavy atom. The Morgan fingerprint density at radius 3 is 2.26 bits per heavy atom. The lowest BCUT2D eigenvalue weighted by molar-refractivity contribution is -0.147. The monoisotopic (exact) mass is 337 g/mol. The van der Waals surface area contributed by atoms with Gasteiger partial charge in [-0.15, -0.1) is 0 Å². The number of thioether (sulfide) groups is 1. The Bertz CT molecular complexity index is 590. The van der Waals surface area contributed by atoms with Crippen LogP contribution in [0.5, 0.6) is 0 Å². The molecule has 1 saturated carbocycles. The van der Waals surface area contributed by atoms with E-state index >= 15 is 0 Å². The minimum absolute atomic E-state index is 0.220. The molecule has 2 N–H and O–H groups in total. The van der Waals surface area contributed by atoms with Crippen LogP contribution in [0.15, 0.2) is 5.16 Å². The molecule has 1 aliphatic rings. The minimum Gasteiger partial charge on any atom is -0.480 e. The summed E-state index contributed by atoms with van der Waals surface area (Å²) in [4.78, 5) is 32.5. The molecule has 1 aromatic heterocycles. The van der Waals surface area contributed by atoms with Gasteiger partial charge in [0.05, 0.1) is 0 Å². The van der Waals surface area contributed by atoms with Crippen LogP contribution in [0.1, 0.15) is 49.1 Å². The highest BCUT2D eigenvalue weighted by Crippen LogP contribution is 2.30. The van der Waals surface area contributed by atoms with Gasteiger partial charge in [-0.05, 0) is 44.9 Å². The zero-order valence-electron chi connectivity index (χ0n) is 13.8. The van der Waals surface area contributed by atoms with Gasteiger partial charge < -0.3 is 10.4 Å². The fourth-order valence-corrected chi connectivity index (χ4v) is 3.56. The number of carbonyl (C=O) groups excluding carboxylic acids is 1. The molecule has 0 aromatic carbocycles. The maximum absolute atomic E-state index is 12.2. The molecule has 1 fully saturated rings. The number of carboxylic acid groups (broad SMARTS) is 1. The van der Waals surface area contributed by atoms with Gasteiger partial charge in [-0.2, -0.15) is 0 Å². The Hall–Kier alpha value is -1.63. The molecule has 6 nitrogen and oxygen atoms in total. The predicted molar refractivity (Wildman–Crippen MR) is 88.6 cm³/mol. The quantitative estimate of drug-likeness (QED) is 0.611. The third-order valence-electron chi connectivity index (χ3n) is 4.43. The van der Waals surface area contributed by atoms with Crippen LogP contribution >= 0.6 is 11.8 Å². The molecule has 1 aliphatic carbocycles. The third kappa shape index (κ3) is 4.02. The largest absolute Gasteiger partial charge is 0.480 e. The van der Waals surface area contributed by atoms with Gasteiger partial charge in [0.25, 0.3) is 0 Å². The molecular weight excluding hydrogens is 314 g/mol. The number of rotatable bonds is 6. The van der Waals surface area contributed by atoms with Gasteiger partial charge >= 0.3 is 5.97 Å². The van der Waals surface area contributed by atoms with Gasteiger partial charge in [0.15, 0.2) is 5.16 Å². The van der Waals surface area contributed by atoms with E-state index in [-0.39, 0.29) is 12.3 Å². The molecular formula is C16H23N3O3S. The maximum atomic E-state index is 12.2. The summed E-state index contributed by atoms with van der Waals surface area (Å²) in [7, 11) is 0. The van der Waals surface area contributed by atoms with Crippen LogP contribution in [-0.4, -0.2) is 38.7 Å². The SMILES string of the molecule is CSc1nc(C)c(CCC(=O)NC2(C(=O)O)CCCC2)c(C)n1. The van der Waals surface area contributed by atoms with E-state index < -0.39 is 11.5 Å². The fourth-order valence-electron chi connectivity index (χ4n) is 3.10. The lowest BCUT2D eigenvalue weighted by Gasteiger charge is -2.25. The van der Waals surface area contributed by atoms with Gasteiger partial charge in [0.2, 0.25) is 5.91 Å². The molecule has 23 heavy (non-hydrogen) atoms. The van der Waals surface area contributed by atoms with Crippen molar-refractivity contribution < 1.29 is 14.7 Å². The van der Waals surface area contributed by atoms with E-state index in [0.717, 1.165) is 34.9 Å². The molecule has 1 heterocycles. The van der Waals surface area contributed by atoms with Gasteiger partial charge in [-0.3, -0.25) is 4.79 Å². The van der Waals surface area contributed by atoms with Crippen LogP contribution in [0.3, 0.4) is 0 Å². The first kappa shape index (κ1) is 17.7. The summed E-state index contributed by atoms with van der Waals surface area (Å²) in [5, 5.41) is 12.9. The van der Waals surface area contributed by atoms with Gasteiger partial charge in [-0.25, -0.2) is 14.8 Å². The van der Waals surface area contributed by atoms with Crippen molar-refractivity contribution in [3.63, 3.8) is 0 Å². The standard InChI is InChI=1S/C16H23N3O3S/c1-10-12(11(2)18-15(17-10)23-3)6-7-13(20)19-16(14(21)22)8-4-5-9-16/h4-9H2,1-3H3,(H,19,20)(H,21,22). The zero-order valence-corrected chi connectivity index (χ0v) is 14.6. The van der Waals surface area contributed by atoms with Crippen LogP contribution in [0, 0.1) is 13.8 Å². The number of hydrogen-bond donors (Lipinski definition) is 2. The number of aryl methyl sites for hydroxylation is 2. The highest BCUT2D eigenvalue weighted by Gasteiger charge is 2.42. The van der Waals surface area contributed by atoms with Crippen molar-refractivity contribution in [2.24, 2.45) is 0 Å². The Labute approximate surface area is 140 Å². The molecule has 0 aliphatic heterocycles. The minimum atomic E-state index is -1.07. The molecule has 2 rings (SSSR count). The first-order valence-corrected chi connectivity index (χ1v) is 9.03. The topological polar surface area (TPSA) is 92.2 Å². The third-order valence-corrected chi connectivity index (χ3v) is 4.98. The van der Waals surface area contributed by atoms with E-state index in [9.17, 15) is 14.7 Å². The van der Waals surface area contributed by atoms with Gasteiger partial charge in [0, 0.05) is 17.8 Å². The number of aliphatic carboxylic acids is 1. The van der Waals surface area contributed by atoms with Crippen LogP contribution in [-0.2, 0) is 16.0 Å². The number of nitrogens with one attached hydrogen (secondary N) is 1. The fraction of sp³-hybridized carbons (Fsp3) is 0.625. The summed E-state index contributed by atoms with van der Waals surface area (Å²) in [5.74, 6) is -1.15. The maximum Gasteiger partial charge on any atom is 0.329 e. The first-order chi connectivity index (χ1) is 10.9. The number of aromatic nitrogens is 2. The lowest BCUT2D eigenvalue weighted by atomic mass is 9.97. The van der Waals surface area contributed by atoms with E-state index in [2.05, 4.69) is 15.3 Å². The molecule has 7 heteroatoms. The summed E-state index contributed by atoms with van der Waals surface area (Å²) in [5.41, 5.74) is 1.65. The van der Waals surface area contributed by atoms with Crippen molar-refractivity contribution >= 4 is 23.6 Å². The van der Waals surface area contributed by atoms with Crippen LogP contribution in [0.2, 0.25) is 0 Å². The van der Waals surface area contributed by atoms with E-state index in [4.69, 9.17) is 0 Å². The van der Waals surface area contributed by atoms with Crippen molar-refractivity contribution in [2.75, 3.05) is 6.26 Å². The Morgan fingerprint density at radius 1 is 1.22 bits per heavy atom. The summed E-state index contributed by atoms with van der Waals surface area (Å²) in [6.07, 6.45) is 5.40. The second-order valence-electron chi connectivity index (χ2n) is 6.00. The smallest absolute Gasteiger partial charge is 0.329 e. The van der Waals surface area contributed by atoms with Crippen LogP contribution in [0.25, 0.3) is 0 Å². The zero-order chi connectivity index (χ0) is 17.0. The molecule has 0 unspecified atom stereocenters. The van der Waals surface area contributed by atoms with Crippen molar-refractivity contribution in [1.29, 1.82) is 0 Å². The average Bonchev–Trinajstić information content (AvgIpc) is 2.96. The summed E-state index contributed by atoms with van der Waals surface area (Å²) >= 11 is 1.49. The molecule has 1 aromatic rings. The second-order valence-corrected chi connectivity index (χ2v) is 6.78. The first-order valence-electron chi connectivity index (χ1n) is 7.80. The van der Waals surface area contributed by atoms with Gasteiger partial charge in [0.1, 0.15) is 5.54 Å². The summed E-state index contributed by atoms with van der Waals surface area (Å²) < 4.78 is 0. The number of hydrogen-bond acceptors (Lipinski definition) is 5. The number of carbonyl (C=O) groups is 2. The summed E-state index contributed by atoms with van der Waals surface area (Å²) in [6, 6.07) is 0. The van der Waals surface area contributed by atoms with Crippen LogP contribution < -0.4 is 5.32 Å². The van der Waals surface area contributed by atoms with Crippen LogP contribution in [0.4, 0.5) is 0 Å². The van der Waals surface area contributed by atoms with E-state index in [1.807, 2.05) is 20.1 Å². The molecule has 0 saturated heterocycles. The second kappa shape index (κ2) is 7.29. The lowest BCUT2D eigenvalue weighted by Crippen LogP contribution is -2.52. The normalized spacial score (nSPS) is 16.3. The highest BCUT2D eigenvalue weighted by atomic mass is 32.2. The number of nitrogens with zero attached hydrogens (tertiary/aromatic N) is 2. The molecule has 0 radical (unpaired) electrons. The average molecular weight is 337 g/mol. The molecule has 0 bridgehead atoms. The van der Waals surface area contributed by atoms with E-state index in [1.165, 1.54) is 11.8 Å². The Balaban J connectivity index is 2.01.